The Bertz CT molecular complexity index is 1320. The number of carbonyl (C=O) groups excluding carboxylic acids is 1. The van der Waals surface area contributed by atoms with Crippen LogP contribution in [0, 0.1) is 11.6 Å². The van der Waals surface area contributed by atoms with Crippen molar-refractivity contribution in [2.75, 3.05) is 18.6 Å². The number of aromatic nitrogens is 3. The Labute approximate surface area is 182 Å². The molecule has 8 heteroatoms. The topological polar surface area (TPSA) is 68.2 Å². The van der Waals surface area contributed by atoms with Crippen molar-refractivity contribution in [3.05, 3.63) is 66.5 Å². The summed E-state index contributed by atoms with van der Waals surface area (Å²) in [6.45, 7) is 0.526. The third-order valence-electron chi connectivity index (χ3n) is 5.41. The van der Waals surface area contributed by atoms with E-state index in [1.165, 1.54) is 19.2 Å². The normalized spacial score (nSPS) is 13.7. The molecule has 0 bridgehead atoms. The van der Waals surface area contributed by atoms with Gasteiger partial charge in [-0.1, -0.05) is 0 Å². The summed E-state index contributed by atoms with van der Waals surface area (Å²) in [7, 11) is 1.50. The van der Waals surface area contributed by atoms with Crippen LogP contribution in [0.4, 0.5) is 14.6 Å². The maximum Gasteiger partial charge on any atom is 0.228 e. The fourth-order valence-electron chi connectivity index (χ4n) is 3.93. The van der Waals surface area contributed by atoms with Gasteiger partial charge in [0, 0.05) is 42.4 Å². The minimum Gasteiger partial charge on any atom is -0.494 e. The van der Waals surface area contributed by atoms with Gasteiger partial charge in [-0.2, -0.15) is 0 Å². The number of ether oxygens (including phenoxy) is 1. The number of fused-ring (bicyclic) bond motifs is 1. The van der Waals surface area contributed by atoms with Crippen LogP contribution in [0.15, 0.2) is 54.9 Å². The Hall–Kier alpha value is -3.94. The second-order valence-corrected chi connectivity index (χ2v) is 7.49. The molecule has 1 aliphatic rings. The minimum atomic E-state index is -0.683. The Balaban J connectivity index is 1.80. The first-order valence-corrected chi connectivity index (χ1v) is 10.1. The lowest BCUT2D eigenvalue weighted by Crippen LogP contribution is -2.25. The standard InChI is InChI=1S/C24H18F2N4O2/c1-32-20-11-16(15-8-17(25)12-18(26)9-15)10-19-22(20)28-23(14-4-2-6-27-13-14)29-24(19)30-7-3-5-21(30)31/h2,4,6,8-13H,3,5,7H2,1H3. The molecule has 0 aliphatic carbocycles. The van der Waals surface area contributed by atoms with Crippen molar-refractivity contribution >= 4 is 22.6 Å². The van der Waals surface area contributed by atoms with Crippen LogP contribution in [0.1, 0.15) is 12.8 Å². The van der Waals surface area contributed by atoms with E-state index >= 15 is 0 Å². The molecule has 2 aromatic heterocycles. The highest BCUT2D eigenvalue weighted by atomic mass is 19.1. The van der Waals surface area contributed by atoms with Crippen molar-refractivity contribution in [1.29, 1.82) is 0 Å². The van der Waals surface area contributed by atoms with E-state index in [1.807, 2.05) is 6.07 Å². The summed E-state index contributed by atoms with van der Waals surface area (Å²) in [5, 5.41) is 0.562. The average Bonchev–Trinajstić information content (AvgIpc) is 3.23. The van der Waals surface area contributed by atoms with Gasteiger partial charge in [0.2, 0.25) is 5.91 Å². The summed E-state index contributed by atoms with van der Waals surface area (Å²) >= 11 is 0. The third-order valence-corrected chi connectivity index (χ3v) is 5.41. The van der Waals surface area contributed by atoms with Crippen LogP contribution in [0.2, 0.25) is 0 Å². The molecule has 2 aromatic carbocycles. The third kappa shape index (κ3) is 3.53. The number of hydrogen-bond acceptors (Lipinski definition) is 5. The molecule has 5 rings (SSSR count). The quantitative estimate of drug-likeness (QED) is 0.465. The van der Waals surface area contributed by atoms with Crippen LogP contribution in [0.25, 0.3) is 33.4 Å². The molecule has 3 heterocycles. The number of hydrogen-bond donors (Lipinski definition) is 0. The molecule has 0 N–H and O–H groups in total. The van der Waals surface area contributed by atoms with E-state index in [0.717, 1.165) is 12.5 Å². The van der Waals surface area contributed by atoms with Crippen molar-refractivity contribution in [2.24, 2.45) is 0 Å². The molecular formula is C24H18F2N4O2. The zero-order valence-electron chi connectivity index (χ0n) is 17.2. The van der Waals surface area contributed by atoms with E-state index < -0.39 is 11.6 Å². The number of halogens is 2. The fraction of sp³-hybridized carbons (Fsp3) is 0.167. The second-order valence-electron chi connectivity index (χ2n) is 7.49. The van der Waals surface area contributed by atoms with Crippen LogP contribution >= 0.6 is 0 Å². The van der Waals surface area contributed by atoms with Gasteiger partial charge in [-0.05, 0) is 53.9 Å². The lowest BCUT2D eigenvalue weighted by molar-refractivity contribution is -0.117. The number of pyridine rings is 1. The van der Waals surface area contributed by atoms with E-state index in [0.29, 0.717) is 58.0 Å². The first-order chi connectivity index (χ1) is 15.5. The summed E-state index contributed by atoms with van der Waals surface area (Å²) in [5.41, 5.74) is 2.06. The number of amides is 1. The SMILES string of the molecule is COc1cc(-c2cc(F)cc(F)c2)cc2c(N3CCCC3=O)nc(-c3cccnc3)nc12. The lowest BCUT2D eigenvalue weighted by atomic mass is 10.0. The molecule has 4 aromatic rings. The van der Waals surface area contributed by atoms with Gasteiger partial charge in [-0.3, -0.25) is 14.7 Å². The summed E-state index contributed by atoms with van der Waals surface area (Å²) < 4.78 is 33.3. The van der Waals surface area contributed by atoms with Crippen molar-refractivity contribution in [3.8, 4) is 28.3 Å². The van der Waals surface area contributed by atoms with Crippen LogP contribution < -0.4 is 9.64 Å². The highest BCUT2D eigenvalue weighted by Gasteiger charge is 2.27. The molecule has 1 aliphatic heterocycles. The molecule has 0 atom stereocenters. The smallest absolute Gasteiger partial charge is 0.228 e. The monoisotopic (exact) mass is 432 g/mol. The summed E-state index contributed by atoms with van der Waals surface area (Å²) in [6.07, 6.45) is 4.45. The maximum atomic E-state index is 13.9. The molecular weight excluding hydrogens is 414 g/mol. The predicted octanol–water partition coefficient (Wildman–Crippen LogP) is 4.77. The Kier molecular flexibility index (Phi) is 4.97. The minimum absolute atomic E-state index is 0.0386. The van der Waals surface area contributed by atoms with Gasteiger partial charge in [0.1, 0.15) is 28.7 Å². The summed E-state index contributed by atoms with van der Waals surface area (Å²) in [6, 6.07) is 10.3. The van der Waals surface area contributed by atoms with E-state index in [4.69, 9.17) is 9.72 Å². The molecule has 1 amide bonds. The second kappa shape index (κ2) is 7.96. The molecule has 0 saturated carbocycles. The molecule has 0 radical (unpaired) electrons. The van der Waals surface area contributed by atoms with Crippen molar-refractivity contribution < 1.29 is 18.3 Å². The van der Waals surface area contributed by atoms with Gasteiger partial charge >= 0.3 is 0 Å². The van der Waals surface area contributed by atoms with Gasteiger partial charge in [-0.15, -0.1) is 0 Å². The number of benzene rings is 2. The van der Waals surface area contributed by atoms with Crippen molar-refractivity contribution in [1.82, 2.24) is 15.0 Å². The van der Waals surface area contributed by atoms with Gasteiger partial charge in [0.05, 0.1) is 7.11 Å². The van der Waals surface area contributed by atoms with Gasteiger partial charge in [0.25, 0.3) is 0 Å². The molecule has 160 valence electrons. The highest BCUT2D eigenvalue weighted by molar-refractivity contribution is 6.05. The molecule has 6 nitrogen and oxygen atoms in total. The van der Waals surface area contributed by atoms with Crippen molar-refractivity contribution in [3.63, 3.8) is 0 Å². The summed E-state index contributed by atoms with van der Waals surface area (Å²) in [4.78, 5) is 27.7. The first kappa shape index (κ1) is 20.0. The number of rotatable bonds is 4. The first-order valence-electron chi connectivity index (χ1n) is 10.1. The Morgan fingerprint density at radius 2 is 1.78 bits per heavy atom. The Morgan fingerprint density at radius 1 is 1.00 bits per heavy atom. The Morgan fingerprint density at radius 3 is 2.44 bits per heavy atom. The van der Waals surface area contributed by atoms with Crippen LogP contribution in [0.5, 0.6) is 5.75 Å². The predicted molar refractivity (Wildman–Crippen MR) is 116 cm³/mol. The van der Waals surface area contributed by atoms with E-state index in [9.17, 15) is 13.6 Å². The number of carbonyl (C=O) groups is 1. The zero-order chi connectivity index (χ0) is 22.2. The van der Waals surface area contributed by atoms with Crippen LogP contribution in [-0.4, -0.2) is 34.5 Å². The van der Waals surface area contributed by atoms with Crippen molar-refractivity contribution in [2.45, 2.75) is 12.8 Å². The molecule has 0 unspecified atom stereocenters. The van der Waals surface area contributed by atoms with E-state index in [1.54, 1.807) is 35.5 Å². The largest absolute Gasteiger partial charge is 0.494 e. The maximum absolute atomic E-state index is 13.9. The molecule has 0 spiro atoms. The van der Waals surface area contributed by atoms with Crippen LogP contribution in [0.3, 0.4) is 0 Å². The fourth-order valence-corrected chi connectivity index (χ4v) is 3.93. The molecule has 1 saturated heterocycles. The van der Waals surface area contributed by atoms with E-state index in [2.05, 4.69) is 9.97 Å². The highest BCUT2D eigenvalue weighted by Crippen LogP contribution is 2.38. The molecule has 1 fully saturated rings. The average molecular weight is 432 g/mol. The number of nitrogens with zero attached hydrogens (tertiary/aromatic N) is 4. The van der Waals surface area contributed by atoms with Crippen LogP contribution in [-0.2, 0) is 4.79 Å². The summed E-state index contributed by atoms with van der Waals surface area (Å²) in [5.74, 6) is -0.156. The number of methoxy groups -OCH3 is 1. The molecule has 32 heavy (non-hydrogen) atoms. The lowest BCUT2D eigenvalue weighted by Gasteiger charge is -2.19. The van der Waals surface area contributed by atoms with Gasteiger partial charge in [-0.25, -0.2) is 18.7 Å². The van der Waals surface area contributed by atoms with Gasteiger partial charge in [0.15, 0.2) is 5.82 Å². The number of anilines is 1. The van der Waals surface area contributed by atoms with Gasteiger partial charge < -0.3 is 4.74 Å². The zero-order valence-corrected chi connectivity index (χ0v) is 17.2. The van der Waals surface area contributed by atoms with E-state index in [-0.39, 0.29) is 5.91 Å².